The second kappa shape index (κ2) is 6.85. The Hall–Kier alpha value is -0.545. The molecule has 0 aromatic carbocycles. The summed E-state index contributed by atoms with van der Waals surface area (Å²) in [4.78, 5) is 6.55. The Morgan fingerprint density at radius 3 is 2.73 bits per heavy atom. The molecule has 0 atom stereocenters. The van der Waals surface area contributed by atoms with Crippen LogP contribution in [0.15, 0.2) is 6.20 Å². The van der Waals surface area contributed by atoms with Crippen molar-refractivity contribution in [3.05, 3.63) is 6.20 Å². The summed E-state index contributed by atoms with van der Waals surface area (Å²) in [5, 5.41) is 0.805. The van der Waals surface area contributed by atoms with Gasteiger partial charge in [-0.25, -0.2) is 4.98 Å². The number of nitrogens with zero attached hydrogens (tertiary/aromatic N) is 2. The third kappa shape index (κ3) is 4.22. The molecule has 1 heterocycles. The van der Waals surface area contributed by atoms with Crippen molar-refractivity contribution in [1.82, 2.24) is 9.88 Å². The zero-order valence-corrected chi connectivity index (χ0v) is 10.6. The largest absolute Gasteiger partial charge is 0.469 e. The first-order chi connectivity index (χ1) is 7.30. The average Bonchev–Trinajstić information content (AvgIpc) is 2.72. The summed E-state index contributed by atoms with van der Waals surface area (Å²) >= 11 is 1.65. The molecule has 0 spiro atoms. The third-order valence-electron chi connectivity index (χ3n) is 2.41. The van der Waals surface area contributed by atoms with Gasteiger partial charge in [0.15, 0.2) is 7.28 Å². The monoisotopic (exact) mass is 226 g/mol. The van der Waals surface area contributed by atoms with Crippen molar-refractivity contribution in [2.24, 2.45) is 0 Å². The molecule has 0 N–H and O–H groups in total. The van der Waals surface area contributed by atoms with Crippen LogP contribution in [0.4, 0.5) is 0 Å². The molecule has 0 aliphatic carbocycles. The SMILES string of the molecule is CBc1cnc(OCCN(CC)CC)s1. The minimum Gasteiger partial charge on any atom is -0.469 e. The summed E-state index contributed by atoms with van der Waals surface area (Å²) < 4.78 is 6.87. The van der Waals surface area contributed by atoms with E-state index >= 15 is 0 Å². The number of aromatic nitrogens is 1. The number of hydrogen-bond donors (Lipinski definition) is 0. The number of rotatable bonds is 7. The van der Waals surface area contributed by atoms with Crippen molar-refractivity contribution in [2.75, 3.05) is 26.2 Å². The summed E-state index contributed by atoms with van der Waals surface area (Å²) in [6.45, 7) is 10.3. The molecule has 0 aliphatic rings. The molecule has 0 fully saturated rings. The van der Waals surface area contributed by atoms with Crippen LogP contribution in [0.25, 0.3) is 0 Å². The van der Waals surface area contributed by atoms with Gasteiger partial charge in [-0.3, -0.25) is 0 Å². The van der Waals surface area contributed by atoms with Crippen LogP contribution in [-0.4, -0.2) is 43.4 Å². The molecule has 0 amide bonds. The Kier molecular flexibility index (Phi) is 5.72. The van der Waals surface area contributed by atoms with Crippen molar-refractivity contribution in [3.8, 4) is 5.19 Å². The van der Waals surface area contributed by atoms with Crippen LogP contribution in [0.3, 0.4) is 0 Å². The fourth-order valence-corrected chi connectivity index (χ4v) is 2.04. The number of thiazole rings is 1. The number of likely N-dealkylation sites (N-methyl/N-ethyl adjacent to an activating group) is 1. The van der Waals surface area contributed by atoms with Crippen molar-refractivity contribution < 1.29 is 4.74 Å². The first kappa shape index (κ1) is 12.5. The van der Waals surface area contributed by atoms with Gasteiger partial charge in [0.05, 0.1) is 0 Å². The molecule has 84 valence electrons. The standard InChI is InChI=1S/C10H19BN2OS/c1-4-13(5-2)6-7-14-10-12-8-9(11-3)15-10/h8,11H,4-7H2,1-3H3. The predicted octanol–water partition coefficient (Wildman–Crippen LogP) is 0.974. The van der Waals surface area contributed by atoms with Crippen molar-refractivity contribution in [1.29, 1.82) is 0 Å². The Bertz CT molecular complexity index is 276. The smallest absolute Gasteiger partial charge is 0.272 e. The van der Waals surface area contributed by atoms with Gasteiger partial charge >= 0.3 is 0 Å². The lowest BCUT2D eigenvalue weighted by atomic mass is 9.81. The fourth-order valence-electron chi connectivity index (χ4n) is 1.32. The van der Waals surface area contributed by atoms with Crippen molar-refractivity contribution in [2.45, 2.75) is 20.7 Å². The average molecular weight is 226 g/mol. The zero-order chi connectivity index (χ0) is 11.1. The van der Waals surface area contributed by atoms with E-state index in [0.717, 1.165) is 38.7 Å². The van der Waals surface area contributed by atoms with E-state index < -0.39 is 0 Å². The van der Waals surface area contributed by atoms with Gasteiger partial charge in [-0.05, 0) is 17.9 Å². The Morgan fingerprint density at radius 1 is 1.47 bits per heavy atom. The van der Waals surface area contributed by atoms with Gasteiger partial charge in [0.2, 0.25) is 0 Å². The zero-order valence-electron chi connectivity index (χ0n) is 9.82. The molecule has 1 rings (SSSR count). The topological polar surface area (TPSA) is 25.4 Å². The molecule has 0 saturated carbocycles. The second-order valence-electron chi connectivity index (χ2n) is 3.32. The highest BCUT2D eigenvalue weighted by Crippen LogP contribution is 2.11. The highest BCUT2D eigenvalue weighted by Gasteiger charge is 2.03. The molecule has 0 unspecified atom stereocenters. The van der Waals surface area contributed by atoms with Crippen LogP contribution >= 0.6 is 11.3 Å². The maximum absolute atomic E-state index is 5.59. The van der Waals surface area contributed by atoms with E-state index in [1.165, 1.54) is 4.78 Å². The number of hydrogen-bond acceptors (Lipinski definition) is 4. The van der Waals surface area contributed by atoms with Gasteiger partial charge in [-0.1, -0.05) is 32.0 Å². The summed E-state index contributed by atoms with van der Waals surface area (Å²) in [6, 6.07) is 0. The van der Waals surface area contributed by atoms with E-state index in [9.17, 15) is 0 Å². The summed E-state index contributed by atoms with van der Waals surface area (Å²) in [7, 11) is 1.04. The van der Waals surface area contributed by atoms with Gasteiger partial charge in [-0.15, -0.1) is 0 Å². The Morgan fingerprint density at radius 2 is 2.20 bits per heavy atom. The molecule has 1 aromatic heterocycles. The lowest BCUT2D eigenvalue weighted by Crippen LogP contribution is -2.27. The van der Waals surface area contributed by atoms with E-state index in [-0.39, 0.29) is 0 Å². The van der Waals surface area contributed by atoms with Gasteiger partial charge in [0, 0.05) is 12.7 Å². The van der Waals surface area contributed by atoms with Crippen LogP contribution in [0.2, 0.25) is 6.82 Å². The molecule has 5 heteroatoms. The minimum absolute atomic E-state index is 0.734. The molecule has 15 heavy (non-hydrogen) atoms. The summed E-state index contributed by atoms with van der Waals surface area (Å²) in [5.74, 6) is 0. The maximum atomic E-state index is 5.59. The second-order valence-corrected chi connectivity index (χ2v) is 4.40. The molecule has 0 bridgehead atoms. The normalized spacial score (nSPS) is 10.7. The van der Waals surface area contributed by atoms with Gasteiger partial charge in [0.25, 0.3) is 5.19 Å². The van der Waals surface area contributed by atoms with E-state index in [2.05, 4.69) is 30.6 Å². The molecular formula is C10H19BN2OS. The van der Waals surface area contributed by atoms with Gasteiger partial charge in [0.1, 0.15) is 6.61 Å². The predicted molar refractivity (Wildman–Crippen MR) is 68.0 cm³/mol. The summed E-state index contributed by atoms with van der Waals surface area (Å²) in [5.41, 5.74) is 0. The number of ether oxygens (including phenoxy) is 1. The molecule has 1 aromatic rings. The molecule has 0 radical (unpaired) electrons. The van der Waals surface area contributed by atoms with E-state index in [4.69, 9.17) is 4.74 Å². The maximum Gasteiger partial charge on any atom is 0.272 e. The van der Waals surface area contributed by atoms with E-state index in [1.807, 2.05) is 6.20 Å². The van der Waals surface area contributed by atoms with Crippen molar-refractivity contribution in [3.63, 3.8) is 0 Å². The molecular weight excluding hydrogens is 207 g/mol. The molecule has 0 saturated heterocycles. The quantitative estimate of drug-likeness (QED) is 0.648. The highest BCUT2D eigenvalue weighted by atomic mass is 32.1. The third-order valence-corrected chi connectivity index (χ3v) is 3.46. The van der Waals surface area contributed by atoms with Crippen LogP contribution < -0.4 is 9.51 Å². The van der Waals surface area contributed by atoms with E-state index in [0.29, 0.717) is 0 Å². The van der Waals surface area contributed by atoms with Crippen LogP contribution in [0, 0.1) is 0 Å². The van der Waals surface area contributed by atoms with Crippen LogP contribution in [0.1, 0.15) is 13.8 Å². The Labute approximate surface area is 96.7 Å². The Balaban J connectivity index is 2.25. The minimum atomic E-state index is 0.734. The highest BCUT2D eigenvalue weighted by molar-refractivity contribution is 7.22. The molecule has 3 nitrogen and oxygen atoms in total. The summed E-state index contributed by atoms with van der Waals surface area (Å²) in [6.07, 6.45) is 1.90. The fraction of sp³-hybridized carbons (Fsp3) is 0.700. The van der Waals surface area contributed by atoms with Crippen molar-refractivity contribution >= 4 is 23.4 Å². The molecule has 0 aliphatic heterocycles. The van der Waals surface area contributed by atoms with Gasteiger partial charge < -0.3 is 9.64 Å². The van der Waals surface area contributed by atoms with Crippen LogP contribution in [-0.2, 0) is 0 Å². The first-order valence-electron chi connectivity index (χ1n) is 5.60. The van der Waals surface area contributed by atoms with Gasteiger partial charge in [-0.2, -0.15) is 0 Å². The first-order valence-corrected chi connectivity index (χ1v) is 6.41. The lowest BCUT2D eigenvalue weighted by Gasteiger charge is -2.17. The lowest BCUT2D eigenvalue weighted by molar-refractivity contribution is 0.222. The van der Waals surface area contributed by atoms with E-state index in [1.54, 1.807) is 11.3 Å². The van der Waals surface area contributed by atoms with Crippen LogP contribution in [0.5, 0.6) is 5.19 Å².